The molecule has 0 N–H and O–H groups in total. The zero-order valence-electron chi connectivity index (χ0n) is 17.1. The third kappa shape index (κ3) is 3.42. The third-order valence-electron chi connectivity index (χ3n) is 5.39. The summed E-state index contributed by atoms with van der Waals surface area (Å²) in [7, 11) is 6.77. The fourth-order valence-electron chi connectivity index (χ4n) is 3.86. The van der Waals surface area contributed by atoms with Crippen molar-refractivity contribution in [2.45, 2.75) is 6.42 Å². The van der Waals surface area contributed by atoms with Crippen molar-refractivity contribution in [2.75, 3.05) is 28.4 Å². The molecule has 148 valence electrons. The number of methoxy groups -OCH3 is 4. The fraction of sp³-hybridized carbons (Fsp3) is 0.200. The number of hydrogen-bond donors (Lipinski definition) is 0. The summed E-state index contributed by atoms with van der Waals surface area (Å²) in [6.07, 6.45) is 0.654. The second-order valence-corrected chi connectivity index (χ2v) is 6.84. The molecule has 0 aliphatic rings. The highest BCUT2D eigenvalue weighted by Gasteiger charge is 2.16. The third-order valence-corrected chi connectivity index (χ3v) is 5.39. The van der Waals surface area contributed by atoms with Crippen molar-refractivity contribution in [3.05, 3.63) is 71.8 Å². The molecule has 0 amide bonds. The van der Waals surface area contributed by atoms with E-state index in [0.29, 0.717) is 6.42 Å². The molecular formula is C25H24O4. The number of hydrogen-bond acceptors (Lipinski definition) is 4. The van der Waals surface area contributed by atoms with Crippen molar-refractivity contribution < 1.29 is 18.9 Å². The molecule has 0 saturated heterocycles. The minimum atomic E-state index is 0.654. The Morgan fingerprint density at radius 3 is 1.31 bits per heavy atom. The molecule has 4 heteroatoms. The molecule has 4 nitrogen and oxygen atoms in total. The number of rotatable bonds is 6. The van der Waals surface area contributed by atoms with Crippen molar-refractivity contribution in [1.82, 2.24) is 0 Å². The maximum absolute atomic E-state index is 5.72. The van der Waals surface area contributed by atoms with Crippen LogP contribution in [-0.4, -0.2) is 28.4 Å². The Morgan fingerprint density at radius 2 is 0.931 bits per heavy atom. The number of fused-ring (bicyclic) bond motifs is 2. The van der Waals surface area contributed by atoms with E-state index in [1.165, 1.54) is 0 Å². The van der Waals surface area contributed by atoms with Crippen LogP contribution in [-0.2, 0) is 6.42 Å². The largest absolute Gasteiger partial charge is 0.497 e. The molecule has 0 aliphatic carbocycles. The molecule has 0 aromatic heterocycles. The Kier molecular flexibility index (Phi) is 5.17. The van der Waals surface area contributed by atoms with Crippen LogP contribution in [0.4, 0.5) is 0 Å². The van der Waals surface area contributed by atoms with Crippen LogP contribution in [0.1, 0.15) is 11.1 Å². The van der Waals surface area contributed by atoms with Gasteiger partial charge in [0, 0.05) is 17.5 Å². The number of benzene rings is 4. The van der Waals surface area contributed by atoms with E-state index in [9.17, 15) is 0 Å². The van der Waals surface area contributed by atoms with Crippen molar-refractivity contribution in [3.63, 3.8) is 0 Å². The summed E-state index contributed by atoms with van der Waals surface area (Å²) < 4.78 is 22.4. The standard InChI is InChI=1S/C25H24O4/c1-26-18-9-5-16-7-11-24(28-3)22(20(16)13-18)15-23-21-14-19(27-2)10-6-17(21)8-12-25(23)29-4/h5-14H,15H2,1-4H3. The molecule has 0 fully saturated rings. The average Bonchev–Trinajstić information content (AvgIpc) is 2.78. The minimum absolute atomic E-state index is 0.654. The van der Waals surface area contributed by atoms with Crippen LogP contribution in [0.3, 0.4) is 0 Å². The fourth-order valence-corrected chi connectivity index (χ4v) is 3.86. The summed E-state index contributed by atoms with van der Waals surface area (Å²) in [6.45, 7) is 0. The van der Waals surface area contributed by atoms with Crippen LogP contribution >= 0.6 is 0 Å². The molecule has 0 atom stereocenters. The summed E-state index contributed by atoms with van der Waals surface area (Å²) in [5, 5.41) is 4.48. The Balaban J connectivity index is 1.98. The van der Waals surface area contributed by atoms with Crippen LogP contribution < -0.4 is 18.9 Å². The zero-order valence-corrected chi connectivity index (χ0v) is 17.1. The Morgan fingerprint density at radius 1 is 0.517 bits per heavy atom. The van der Waals surface area contributed by atoms with Gasteiger partial charge in [0.1, 0.15) is 23.0 Å². The van der Waals surface area contributed by atoms with E-state index in [4.69, 9.17) is 18.9 Å². The van der Waals surface area contributed by atoms with Crippen molar-refractivity contribution in [1.29, 1.82) is 0 Å². The van der Waals surface area contributed by atoms with Gasteiger partial charge in [-0.2, -0.15) is 0 Å². The minimum Gasteiger partial charge on any atom is -0.497 e. The summed E-state index contributed by atoms with van der Waals surface area (Å²) in [5.41, 5.74) is 2.19. The maximum Gasteiger partial charge on any atom is 0.123 e. The van der Waals surface area contributed by atoms with E-state index in [2.05, 4.69) is 36.4 Å². The Bertz CT molecular complexity index is 1080. The van der Waals surface area contributed by atoms with E-state index < -0.39 is 0 Å². The molecule has 0 aliphatic heterocycles. The molecule has 4 aromatic carbocycles. The molecule has 0 unspecified atom stereocenters. The maximum atomic E-state index is 5.72. The smallest absolute Gasteiger partial charge is 0.123 e. The van der Waals surface area contributed by atoms with Gasteiger partial charge >= 0.3 is 0 Å². The van der Waals surface area contributed by atoms with E-state index in [-0.39, 0.29) is 0 Å². The summed E-state index contributed by atoms with van der Waals surface area (Å²) in [4.78, 5) is 0. The molecule has 29 heavy (non-hydrogen) atoms. The zero-order chi connectivity index (χ0) is 20.4. The van der Waals surface area contributed by atoms with E-state index in [1.807, 2.05) is 24.3 Å². The molecule has 0 bridgehead atoms. The highest BCUT2D eigenvalue weighted by Crippen LogP contribution is 2.37. The lowest BCUT2D eigenvalue weighted by Gasteiger charge is -2.17. The van der Waals surface area contributed by atoms with Gasteiger partial charge in [-0.15, -0.1) is 0 Å². The summed E-state index contributed by atoms with van der Waals surface area (Å²) in [5.74, 6) is 3.32. The second kappa shape index (κ2) is 7.92. The van der Waals surface area contributed by atoms with Crippen molar-refractivity contribution >= 4 is 21.5 Å². The lowest BCUT2D eigenvalue weighted by Crippen LogP contribution is -2.00. The average molecular weight is 388 g/mol. The highest BCUT2D eigenvalue weighted by atomic mass is 16.5. The van der Waals surface area contributed by atoms with Gasteiger partial charge in [0.25, 0.3) is 0 Å². The van der Waals surface area contributed by atoms with Gasteiger partial charge in [-0.25, -0.2) is 0 Å². The van der Waals surface area contributed by atoms with Crippen LogP contribution in [0.2, 0.25) is 0 Å². The first-order chi connectivity index (χ1) is 14.2. The quantitative estimate of drug-likeness (QED) is 0.430. The molecular weight excluding hydrogens is 364 g/mol. The predicted octanol–water partition coefficient (Wildman–Crippen LogP) is 5.62. The van der Waals surface area contributed by atoms with Gasteiger partial charge < -0.3 is 18.9 Å². The van der Waals surface area contributed by atoms with Gasteiger partial charge in [0.2, 0.25) is 0 Å². The first-order valence-electron chi connectivity index (χ1n) is 9.45. The van der Waals surface area contributed by atoms with E-state index in [1.54, 1.807) is 28.4 Å². The first-order valence-corrected chi connectivity index (χ1v) is 9.45. The summed E-state index contributed by atoms with van der Waals surface area (Å²) >= 11 is 0. The lowest BCUT2D eigenvalue weighted by atomic mass is 9.93. The van der Waals surface area contributed by atoms with E-state index in [0.717, 1.165) is 55.7 Å². The SMILES string of the molecule is COc1ccc2ccc(OC)c(Cc3c(OC)ccc4ccc(OC)cc34)c2c1. The Labute approximate surface area is 170 Å². The normalized spacial score (nSPS) is 10.9. The monoisotopic (exact) mass is 388 g/mol. The van der Waals surface area contributed by atoms with Gasteiger partial charge in [-0.05, 0) is 57.9 Å². The molecule has 4 aromatic rings. The molecule has 0 heterocycles. The first kappa shape index (κ1) is 18.9. The number of ether oxygens (including phenoxy) is 4. The Hall–Kier alpha value is -3.40. The molecule has 4 rings (SSSR count). The van der Waals surface area contributed by atoms with Crippen LogP contribution in [0, 0.1) is 0 Å². The topological polar surface area (TPSA) is 36.9 Å². The molecule has 0 radical (unpaired) electrons. The van der Waals surface area contributed by atoms with Gasteiger partial charge in [-0.3, -0.25) is 0 Å². The molecule has 0 spiro atoms. The predicted molar refractivity (Wildman–Crippen MR) is 117 cm³/mol. The molecule has 0 saturated carbocycles. The van der Waals surface area contributed by atoms with E-state index >= 15 is 0 Å². The van der Waals surface area contributed by atoms with Crippen LogP contribution in [0.15, 0.2) is 60.7 Å². The second-order valence-electron chi connectivity index (χ2n) is 6.84. The van der Waals surface area contributed by atoms with Gasteiger partial charge in [0.05, 0.1) is 28.4 Å². The lowest BCUT2D eigenvalue weighted by molar-refractivity contribution is 0.406. The van der Waals surface area contributed by atoms with Gasteiger partial charge in [-0.1, -0.05) is 24.3 Å². The van der Waals surface area contributed by atoms with Crippen molar-refractivity contribution in [3.8, 4) is 23.0 Å². The summed E-state index contributed by atoms with van der Waals surface area (Å²) in [6, 6.07) is 20.4. The van der Waals surface area contributed by atoms with Crippen LogP contribution in [0.25, 0.3) is 21.5 Å². The van der Waals surface area contributed by atoms with Crippen LogP contribution in [0.5, 0.6) is 23.0 Å². The van der Waals surface area contributed by atoms with Gasteiger partial charge in [0.15, 0.2) is 0 Å². The van der Waals surface area contributed by atoms with Crippen molar-refractivity contribution in [2.24, 2.45) is 0 Å². The highest BCUT2D eigenvalue weighted by molar-refractivity contribution is 5.92.